The number of carbonyl (C=O) groups excluding carboxylic acids is 3. The van der Waals surface area contributed by atoms with E-state index in [1.54, 1.807) is 0 Å². The molecule has 7 N–H and O–H groups in total. The van der Waals surface area contributed by atoms with E-state index in [2.05, 4.69) is 16.0 Å². The van der Waals surface area contributed by atoms with Gasteiger partial charge in [0, 0.05) is 13.5 Å². The summed E-state index contributed by atoms with van der Waals surface area (Å²) < 4.78 is 0. The van der Waals surface area contributed by atoms with Crippen LogP contribution in [0.25, 0.3) is 0 Å². The molecule has 0 aromatic rings. The number of carbonyl (C=O) groups is 3. The Morgan fingerprint density at radius 2 is 1.79 bits per heavy atom. The summed E-state index contributed by atoms with van der Waals surface area (Å²) in [5, 5.41) is 26.1. The zero-order chi connectivity index (χ0) is 22.3. The van der Waals surface area contributed by atoms with Crippen molar-refractivity contribution in [3.63, 3.8) is 0 Å². The largest absolute Gasteiger partial charge is 0.371 e. The van der Waals surface area contributed by atoms with Gasteiger partial charge >= 0.3 is 0 Å². The summed E-state index contributed by atoms with van der Waals surface area (Å²) in [7, 11) is 0. The maximum Gasteiger partial charge on any atom is 0.243 e. The fraction of sp³-hybridized carbons (Fsp3) is 0.789. The van der Waals surface area contributed by atoms with Gasteiger partial charge in [0.25, 0.3) is 0 Å². The summed E-state index contributed by atoms with van der Waals surface area (Å²) in [5.74, 6) is -1.42. The van der Waals surface area contributed by atoms with E-state index >= 15 is 0 Å². The van der Waals surface area contributed by atoms with E-state index in [-0.39, 0.29) is 23.7 Å². The number of guanidine groups is 1. The third-order valence-corrected chi connectivity index (χ3v) is 4.88. The number of nitrogens with two attached hydrogens (primary N) is 1. The van der Waals surface area contributed by atoms with Gasteiger partial charge in [-0.05, 0) is 31.1 Å². The van der Waals surface area contributed by atoms with Crippen molar-refractivity contribution in [1.82, 2.24) is 20.9 Å². The van der Waals surface area contributed by atoms with Crippen LogP contribution in [0.15, 0.2) is 0 Å². The molecule has 1 heterocycles. The number of nitrogens with zero attached hydrogens (tertiary/aromatic N) is 1. The minimum Gasteiger partial charge on any atom is -0.371 e. The fourth-order valence-corrected chi connectivity index (χ4v) is 3.39. The molecule has 0 aromatic carbocycles. The van der Waals surface area contributed by atoms with E-state index in [0.29, 0.717) is 25.8 Å². The first-order valence-electron chi connectivity index (χ1n) is 10.1. The van der Waals surface area contributed by atoms with Crippen molar-refractivity contribution in [3.8, 4) is 0 Å². The third-order valence-electron chi connectivity index (χ3n) is 4.88. The molecule has 0 bridgehead atoms. The molecule has 0 aliphatic carbocycles. The summed E-state index contributed by atoms with van der Waals surface area (Å²) in [5.41, 5.74) is 5.49. The molecule has 1 fully saturated rings. The van der Waals surface area contributed by atoms with Crippen molar-refractivity contribution in [1.29, 1.82) is 5.41 Å². The van der Waals surface area contributed by atoms with Gasteiger partial charge in [-0.2, -0.15) is 0 Å². The molecular weight excluding hydrogens is 376 g/mol. The molecule has 1 saturated heterocycles. The minimum atomic E-state index is -1.09. The molecule has 1 rings (SSSR count). The first-order chi connectivity index (χ1) is 13.4. The SMILES string of the molecule is CC(=O)N[C@H](C(=O)N[C@@H](CC(C)C)C(=O)N[C@H]1CCCN(C(=N)N)C1O)C(C)C. The zero-order valence-electron chi connectivity index (χ0n) is 18.0. The number of likely N-dealkylation sites (tertiary alicyclic amines) is 1. The summed E-state index contributed by atoms with van der Waals surface area (Å²) in [6, 6.07) is -2.15. The first kappa shape index (κ1) is 24.7. The molecule has 29 heavy (non-hydrogen) atoms. The second-order valence-corrected chi connectivity index (χ2v) is 8.36. The molecule has 1 aliphatic heterocycles. The monoisotopic (exact) mass is 412 g/mol. The summed E-state index contributed by atoms with van der Waals surface area (Å²) in [4.78, 5) is 38.3. The Morgan fingerprint density at radius 3 is 2.28 bits per heavy atom. The minimum absolute atomic E-state index is 0.134. The van der Waals surface area contributed by atoms with Crippen LogP contribution in [-0.2, 0) is 14.4 Å². The second-order valence-electron chi connectivity index (χ2n) is 8.36. The van der Waals surface area contributed by atoms with Gasteiger partial charge in [0.2, 0.25) is 17.7 Å². The van der Waals surface area contributed by atoms with Crippen LogP contribution in [0, 0.1) is 17.2 Å². The van der Waals surface area contributed by atoms with Gasteiger partial charge < -0.3 is 31.7 Å². The molecule has 0 saturated carbocycles. The quantitative estimate of drug-likeness (QED) is 0.232. The predicted octanol–water partition coefficient (Wildman–Crippen LogP) is -0.530. The smallest absolute Gasteiger partial charge is 0.243 e. The normalized spacial score (nSPS) is 21.4. The van der Waals surface area contributed by atoms with Gasteiger partial charge in [0.05, 0.1) is 6.04 Å². The number of rotatable bonds is 8. The predicted molar refractivity (Wildman–Crippen MR) is 110 cm³/mol. The van der Waals surface area contributed by atoms with Crippen LogP contribution in [0.2, 0.25) is 0 Å². The molecule has 0 aromatic heterocycles. The van der Waals surface area contributed by atoms with Crippen molar-refractivity contribution in [3.05, 3.63) is 0 Å². The number of piperidine rings is 1. The number of hydrogen-bond donors (Lipinski definition) is 6. The lowest BCUT2D eigenvalue weighted by Crippen LogP contribution is -2.61. The van der Waals surface area contributed by atoms with Crippen LogP contribution in [0.1, 0.15) is 53.9 Å². The van der Waals surface area contributed by atoms with E-state index in [1.165, 1.54) is 11.8 Å². The molecule has 3 amide bonds. The van der Waals surface area contributed by atoms with E-state index in [9.17, 15) is 19.5 Å². The van der Waals surface area contributed by atoms with Gasteiger partial charge in [0.15, 0.2) is 5.96 Å². The average molecular weight is 413 g/mol. The number of nitrogens with one attached hydrogen (secondary N) is 4. The van der Waals surface area contributed by atoms with Crippen molar-refractivity contribution < 1.29 is 19.5 Å². The molecular formula is C19H36N6O4. The van der Waals surface area contributed by atoms with Crippen molar-refractivity contribution in [2.75, 3.05) is 6.54 Å². The van der Waals surface area contributed by atoms with Gasteiger partial charge in [-0.3, -0.25) is 19.8 Å². The fourth-order valence-electron chi connectivity index (χ4n) is 3.39. The molecule has 1 aliphatic rings. The van der Waals surface area contributed by atoms with Crippen LogP contribution in [0.5, 0.6) is 0 Å². The Kier molecular flexibility index (Phi) is 9.35. The average Bonchev–Trinajstić information content (AvgIpc) is 2.59. The number of aliphatic hydroxyl groups excluding tert-OH is 1. The van der Waals surface area contributed by atoms with Crippen LogP contribution >= 0.6 is 0 Å². The van der Waals surface area contributed by atoms with Crippen molar-refractivity contribution in [2.45, 2.75) is 78.2 Å². The highest BCUT2D eigenvalue weighted by Gasteiger charge is 2.34. The van der Waals surface area contributed by atoms with E-state index in [4.69, 9.17) is 11.1 Å². The molecule has 0 radical (unpaired) electrons. The summed E-state index contributed by atoms with van der Waals surface area (Å²) in [6.07, 6.45) is 0.519. The Balaban J connectivity index is 2.88. The van der Waals surface area contributed by atoms with Crippen LogP contribution in [0.3, 0.4) is 0 Å². The standard InChI is InChI=1S/C19H36N6O4/c1-10(2)9-14(24-17(28)15(11(3)4)22-12(5)26)16(27)23-13-7-6-8-25(18(13)29)19(20)21/h10-11,13-15,18,29H,6-9H2,1-5H3,(H3,20,21)(H,22,26)(H,23,27)(H,24,28)/t13-,14-,15-,18?/m0/s1. The van der Waals surface area contributed by atoms with E-state index < -0.39 is 36.2 Å². The number of hydrogen-bond acceptors (Lipinski definition) is 5. The Labute approximate surface area is 172 Å². The van der Waals surface area contributed by atoms with Crippen molar-refractivity contribution in [2.24, 2.45) is 17.6 Å². The summed E-state index contributed by atoms with van der Waals surface area (Å²) >= 11 is 0. The lowest BCUT2D eigenvalue weighted by Gasteiger charge is -2.39. The molecule has 4 atom stereocenters. The zero-order valence-corrected chi connectivity index (χ0v) is 18.0. The van der Waals surface area contributed by atoms with Gasteiger partial charge in [0.1, 0.15) is 18.3 Å². The molecule has 10 nitrogen and oxygen atoms in total. The highest BCUT2D eigenvalue weighted by atomic mass is 16.3. The van der Waals surface area contributed by atoms with Crippen LogP contribution in [-0.4, -0.2) is 64.6 Å². The maximum absolute atomic E-state index is 12.9. The molecule has 1 unspecified atom stereocenters. The molecule has 10 heteroatoms. The molecule has 0 spiro atoms. The first-order valence-corrected chi connectivity index (χ1v) is 10.1. The lowest BCUT2D eigenvalue weighted by atomic mass is 9.98. The third kappa shape index (κ3) is 7.52. The Morgan fingerprint density at radius 1 is 1.17 bits per heavy atom. The second kappa shape index (κ2) is 11.0. The van der Waals surface area contributed by atoms with Crippen LogP contribution in [0.4, 0.5) is 0 Å². The maximum atomic E-state index is 12.9. The van der Waals surface area contributed by atoms with E-state index in [0.717, 1.165) is 0 Å². The molecule has 166 valence electrons. The summed E-state index contributed by atoms with van der Waals surface area (Å²) in [6.45, 7) is 9.28. The van der Waals surface area contributed by atoms with Gasteiger partial charge in [-0.15, -0.1) is 0 Å². The lowest BCUT2D eigenvalue weighted by molar-refractivity contribution is -0.134. The van der Waals surface area contributed by atoms with Gasteiger partial charge in [-0.1, -0.05) is 27.7 Å². The highest BCUT2D eigenvalue weighted by molar-refractivity contribution is 5.92. The van der Waals surface area contributed by atoms with Crippen LogP contribution < -0.4 is 21.7 Å². The Hall–Kier alpha value is -2.36. The van der Waals surface area contributed by atoms with Gasteiger partial charge in [-0.25, -0.2) is 0 Å². The Bertz CT molecular complexity index is 610. The number of aliphatic hydroxyl groups is 1. The van der Waals surface area contributed by atoms with Crippen molar-refractivity contribution >= 4 is 23.7 Å². The number of amides is 3. The van der Waals surface area contributed by atoms with E-state index in [1.807, 2.05) is 27.7 Å². The highest BCUT2D eigenvalue weighted by Crippen LogP contribution is 2.16. The topological polar surface area (TPSA) is 161 Å².